The number of nitrogens with zero attached hydrogens (tertiary/aromatic N) is 2. The lowest BCUT2D eigenvalue weighted by Crippen LogP contribution is -2.49. The minimum Gasteiger partial charge on any atom is -0.508 e. The molecule has 2 rings (SSSR count). The van der Waals surface area contributed by atoms with Crippen LogP contribution in [0.2, 0.25) is 0 Å². The van der Waals surface area contributed by atoms with Crippen LogP contribution in [0, 0.1) is 0 Å². The number of piperidine rings is 1. The minimum atomic E-state index is -0.266. The van der Waals surface area contributed by atoms with Crippen molar-refractivity contribution in [3.05, 3.63) is 29.8 Å². The molecule has 0 bridgehead atoms. The van der Waals surface area contributed by atoms with Crippen molar-refractivity contribution in [2.45, 2.75) is 32.4 Å². The molecule has 132 valence electrons. The maximum Gasteiger partial charge on any atom is 0.409 e. The van der Waals surface area contributed by atoms with Gasteiger partial charge in [0.05, 0.1) is 13.7 Å². The molecule has 1 aromatic rings. The van der Waals surface area contributed by atoms with Gasteiger partial charge in [-0.05, 0) is 37.5 Å². The summed E-state index contributed by atoms with van der Waals surface area (Å²) in [5.41, 5.74) is 0.952. The van der Waals surface area contributed by atoms with Gasteiger partial charge < -0.3 is 25.4 Å². The van der Waals surface area contributed by atoms with E-state index >= 15 is 0 Å². The van der Waals surface area contributed by atoms with E-state index < -0.39 is 0 Å². The highest BCUT2D eigenvalue weighted by atomic mass is 16.5. The van der Waals surface area contributed by atoms with E-state index in [9.17, 15) is 9.90 Å². The lowest BCUT2D eigenvalue weighted by molar-refractivity contribution is 0.111. The molecule has 0 spiro atoms. The molecule has 1 fully saturated rings. The zero-order chi connectivity index (χ0) is 17.4. The van der Waals surface area contributed by atoms with E-state index in [0.717, 1.165) is 30.9 Å². The van der Waals surface area contributed by atoms with E-state index in [1.165, 1.54) is 7.11 Å². The molecular formula is C17H26N4O3. The number of rotatable bonds is 4. The van der Waals surface area contributed by atoms with Gasteiger partial charge in [-0.3, -0.25) is 0 Å². The second kappa shape index (κ2) is 9.00. The predicted molar refractivity (Wildman–Crippen MR) is 93.1 cm³/mol. The van der Waals surface area contributed by atoms with Crippen molar-refractivity contribution in [2.75, 3.05) is 26.7 Å². The largest absolute Gasteiger partial charge is 0.508 e. The van der Waals surface area contributed by atoms with Gasteiger partial charge in [0, 0.05) is 25.7 Å². The summed E-state index contributed by atoms with van der Waals surface area (Å²) in [7, 11) is 1.41. The Morgan fingerprint density at radius 3 is 2.79 bits per heavy atom. The van der Waals surface area contributed by atoms with E-state index in [-0.39, 0.29) is 17.9 Å². The first kappa shape index (κ1) is 17.9. The van der Waals surface area contributed by atoms with Crippen LogP contribution in [0.15, 0.2) is 29.3 Å². The number of hydrogen-bond acceptors (Lipinski definition) is 4. The number of nitrogens with one attached hydrogen (secondary N) is 2. The summed E-state index contributed by atoms with van der Waals surface area (Å²) in [6, 6.07) is 7.37. The lowest BCUT2D eigenvalue weighted by Gasteiger charge is -2.32. The fraction of sp³-hybridized carbons (Fsp3) is 0.529. The SMILES string of the molecule is CCNC(=NCc1cccc(O)c1)NC1CCN(C(=O)OC)CC1. The zero-order valence-electron chi connectivity index (χ0n) is 14.3. The molecule has 7 heteroatoms. The van der Waals surface area contributed by atoms with Crippen LogP contribution in [0.1, 0.15) is 25.3 Å². The van der Waals surface area contributed by atoms with Crippen molar-refractivity contribution >= 4 is 12.1 Å². The summed E-state index contributed by atoms with van der Waals surface area (Å²) in [6.45, 7) is 4.63. The molecule has 24 heavy (non-hydrogen) atoms. The molecule has 1 aliphatic rings. The van der Waals surface area contributed by atoms with Crippen molar-refractivity contribution in [1.82, 2.24) is 15.5 Å². The van der Waals surface area contributed by atoms with E-state index in [0.29, 0.717) is 19.6 Å². The number of guanidine groups is 1. The van der Waals surface area contributed by atoms with Crippen molar-refractivity contribution in [3.63, 3.8) is 0 Å². The van der Waals surface area contributed by atoms with Crippen LogP contribution in [-0.2, 0) is 11.3 Å². The number of carbonyl (C=O) groups is 1. The predicted octanol–water partition coefficient (Wildman–Crippen LogP) is 1.68. The molecule has 0 atom stereocenters. The van der Waals surface area contributed by atoms with Gasteiger partial charge in [0.2, 0.25) is 0 Å². The third-order valence-corrected chi connectivity index (χ3v) is 3.94. The van der Waals surface area contributed by atoms with Gasteiger partial charge in [-0.15, -0.1) is 0 Å². The van der Waals surface area contributed by atoms with Crippen LogP contribution >= 0.6 is 0 Å². The van der Waals surface area contributed by atoms with Gasteiger partial charge in [-0.2, -0.15) is 0 Å². The third kappa shape index (κ3) is 5.33. The highest BCUT2D eigenvalue weighted by molar-refractivity contribution is 5.80. The Morgan fingerprint density at radius 1 is 1.42 bits per heavy atom. The Kier molecular flexibility index (Phi) is 6.72. The van der Waals surface area contributed by atoms with E-state index in [2.05, 4.69) is 15.6 Å². The average molecular weight is 334 g/mol. The van der Waals surface area contributed by atoms with Gasteiger partial charge >= 0.3 is 6.09 Å². The molecule has 1 aromatic carbocycles. The molecule has 0 unspecified atom stereocenters. The maximum absolute atomic E-state index is 11.5. The normalized spacial score (nSPS) is 15.9. The standard InChI is InChI=1S/C17H26N4O3/c1-3-18-16(19-12-13-5-4-6-15(22)11-13)20-14-7-9-21(10-8-14)17(23)24-2/h4-6,11,14,22H,3,7-10,12H2,1-2H3,(H2,18,19,20). The van der Waals surface area contributed by atoms with E-state index in [4.69, 9.17) is 4.74 Å². The number of benzene rings is 1. The third-order valence-electron chi connectivity index (χ3n) is 3.94. The second-order valence-corrected chi connectivity index (χ2v) is 5.74. The molecule has 0 aliphatic carbocycles. The molecule has 1 amide bonds. The Morgan fingerprint density at radius 2 is 2.17 bits per heavy atom. The summed E-state index contributed by atoms with van der Waals surface area (Å²) in [5, 5.41) is 16.2. The van der Waals surface area contributed by atoms with Gasteiger partial charge in [-0.25, -0.2) is 9.79 Å². The summed E-state index contributed by atoms with van der Waals surface area (Å²) in [6.07, 6.45) is 1.44. The monoisotopic (exact) mass is 334 g/mol. The first-order valence-corrected chi connectivity index (χ1v) is 8.28. The van der Waals surface area contributed by atoms with E-state index in [1.807, 2.05) is 19.1 Å². The van der Waals surface area contributed by atoms with Gasteiger partial charge in [0.25, 0.3) is 0 Å². The van der Waals surface area contributed by atoms with Crippen LogP contribution < -0.4 is 10.6 Å². The quantitative estimate of drug-likeness (QED) is 0.576. The highest BCUT2D eigenvalue weighted by Crippen LogP contribution is 2.13. The van der Waals surface area contributed by atoms with Crippen molar-refractivity contribution in [2.24, 2.45) is 4.99 Å². The molecule has 7 nitrogen and oxygen atoms in total. The smallest absolute Gasteiger partial charge is 0.409 e. The Labute approximate surface area is 142 Å². The molecule has 0 aromatic heterocycles. The molecule has 3 N–H and O–H groups in total. The topological polar surface area (TPSA) is 86.2 Å². The maximum atomic E-state index is 11.5. The van der Waals surface area contributed by atoms with Crippen LogP contribution in [0.5, 0.6) is 5.75 Å². The number of aliphatic imine (C=N–C) groups is 1. The summed E-state index contributed by atoms with van der Waals surface area (Å²) < 4.78 is 4.75. The van der Waals surface area contributed by atoms with Crippen LogP contribution in [0.4, 0.5) is 4.79 Å². The zero-order valence-corrected chi connectivity index (χ0v) is 14.3. The summed E-state index contributed by atoms with van der Waals surface area (Å²) in [5.74, 6) is 0.994. The number of phenolic OH excluding ortho intramolecular Hbond substituents is 1. The molecule has 1 heterocycles. The van der Waals surface area contributed by atoms with Crippen LogP contribution in [-0.4, -0.2) is 54.8 Å². The van der Waals surface area contributed by atoms with E-state index in [1.54, 1.807) is 17.0 Å². The number of aromatic hydroxyl groups is 1. The fourth-order valence-electron chi connectivity index (χ4n) is 2.67. The molecular weight excluding hydrogens is 308 g/mol. The van der Waals surface area contributed by atoms with Crippen molar-refractivity contribution < 1.29 is 14.6 Å². The first-order valence-electron chi connectivity index (χ1n) is 8.28. The van der Waals surface area contributed by atoms with Gasteiger partial charge in [-0.1, -0.05) is 12.1 Å². The molecule has 1 aliphatic heterocycles. The van der Waals surface area contributed by atoms with Crippen molar-refractivity contribution in [3.8, 4) is 5.75 Å². The average Bonchev–Trinajstić information content (AvgIpc) is 2.60. The van der Waals surface area contributed by atoms with Gasteiger partial charge in [0.15, 0.2) is 5.96 Å². The second-order valence-electron chi connectivity index (χ2n) is 5.74. The number of amides is 1. The fourth-order valence-corrected chi connectivity index (χ4v) is 2.67. The van der Waals surface area contributed by atoms with Crippen LogP contribution in [0.3, 0.4) is 0 Å². The minimum absolute atomic E-state index is 0.246. The first-order chi connectivity index (χ1) is 11.6. The molecule has 0 radical (unpaired) electrons. The highest BCUT2D eigenvalue weighted by Gasteiger charge is 2.23. The Balaban J connectivity index is 1.89. The Hall–Kier alpha value is -2.44. The number of carbonyl (C=O) groups excluding carboxylic acids is 1. The number of ether oxygens (including phenoxy) is 1. The number of hydrogen-bond donors (Lipinski definition) is 3. The lowest BCUT2D eigenvalue weighted by atomic mass is 10.1. The summed E-state index contributed by atoms with van der Waals surface area (Å²) >= 11 is 0. The number of likely N-dealkylation sites (tertiary alicyclic amines) is 1. The van der Waals surface area contributed by atoms with Gasteiger partial charge in [0.1, 0.15) is 5.75 Å². The number of methoxy groups -OCH3 is 1. The van der Waals surface area contributed by atoms with Crippen LogP contribution in [0.25, 0.3) is 0 Å². The number of phenols is 1. The van der Waals surface area contributed by atoms with Crippen molar-refractivity contribution in [1.29, 1.82) is 0 Å². The summed E-state index contributed by atoms with van der Waals surface area (Å²) in [4.78, 5) is 17.8. The molecule has 1 saturated heterocycles. The Bertz CT molecular complexity index is 569. The molecule has 0 saturated carbocycles.